The van der Waals surface area contributed by atoms with E-state index in [0.717, 1.165) is 36.4 Å². The summed E-state index contributed by atoms with van der Waals surface area (Å²) in [6, 6.07) is 12.5. The van der Waals surface area contributed by atoms with Crippen molar-refractivity contribution in [3.05, 3.63) is 53.9 Å². The Kier molecular flexibility index (Phi) is 3.85. The second-order valence-electron chi connectivity index (χ2n) is 7.20. The van der Waals surface area contributed by atoms with Crippen LogP contribution in [0.5, 0.6) is 5.75 Å². The predicted molar refractivity (Wildman–Crippen MR) is 106 cm³/mol. The highest BCUT2D eigenvalue weighted by Crippen LogP contribution is 2.33. The van der Waals surface area contributed by atoms with Crippen molar-refractivity contribution in [3.8, 4) is 5.75 Å². The maximum atomic E-state index is 13.6. The molecule has 3 N–H and O–H groups in total. The Balaban J connectivity index is 1.42. The number of nitrogens with one attached hydrogen (secondary N) is 3. The van der Waals surface area contributed by atoms with E-state index in [-0.39, 0.29) is 17.6 Å². The van der Waals surface area contributed by atoms with Gasteiger partial charge >= 0.3 is 0 Å². The summed E-state index contributed by atoms with van der Waals surface area (Å²) in [7, 11) is 1.61. The molecular formula is C20H21FN6O. The monoisotopic (exact) mass is 380 g/mol. The maximum Gasteiger partial charge on any atom is 0.243 e. The van der Waals surface area contributed by atoms with Crippen molar-refractivity contribution in [3.63, 3.8) is 0 Å². The highest BCUT2D eigenvalue weighted by molar-refractivity contribution is 5.93. The Labute approximate surface area is 161 Å². The van der Waals surface area contributed by atoms with E-state index in [1.54, 1.807) is 23.9 Å². The molecule has 2 unspecified atom stereocenters. The molecule has 0 amide bonds. The number of rotatable bonds is 3. The van der Waals surface area contributed by atoms with Crippen LogP contribution in [0.4, 0.5) is 15.9 Å². The van der Waals surface area contributed by atoms with Crippen molar-refractivity contribution in [2.24, 2.45) is 5.92 Å². The molecule has 5 rings (SSSR count). The smallest absolute Gasteiger partial charge is 0.243 e. The first-order valence-corrected chi connectivity index (χ1v) is 9.32. The lowest BCUT2D eigenvalue weighted by molar-refractivity contribution is 0.418. The number of hydrogen-bond acceptors (Lipinski definition) is 6. The number of anilines is 2. The first-order valence-electron chi connectivity index (χ1n) is 9.32. The Bertz CT molecular complexity index is 1110. The van der Waals surface area contributed by atoms with Crippen molar-refractivity contribution >= 4 is 22.4 Å². The van der Waals surface area contributed by atoms with Gasteiger partial charge in [-0.1, -0.05) is 12.1 Å². The van der Waals surface area contributed by atoms with Gasteiger partial charge in [-0.3, -0.25) is 10.8 Å². The minimum atomic E-state index is -0.216. The number of para-hydroxylation sites is 1. The second kappa shape index (κ2) is 6.40. The van der Waals surface area contributed by atoms with Gasteiger partial charge in [0.2, 0.25) is 5.62 Å². The summed E-state index contributed by atoms with van der Waals surface area (Å²) < 4.78 is 20.7. The van der Waals surface area contributed by atoms with Gasteiger partial charge in [-0.25, -0.2) is 14.1 Å². The topological polar surface area (TPSA) is 78.2 Å². The standard InChI is InChI=1S/C20H21FN6O/c1-28-16-7-3-6-15-17(16)23-20(22)27-19(15)24-18(25-27)12-8-9-26(11-12)14-5-2-4-13(21)10-14/h2-7,10,12,18,22,24-25H,8-9,11H2,1H3. The number of nitrogens with zero attached hydrogens (tertiary/aromatic N) is 3. The van der Waals surface area contributed by atoms with E-state index >= 15 is 0 Å². The first kappa shape index (κ1) is 16.9. The molecular weight excluding hydrogens is 359 g/mol. The third-order valence-corrected chi connectivity index (χ3v) is 5.56. The average Bonchev–Trinajstić information content (AvgIpc) is 3.35. The Morgan fingerprint density at radius 2 is 2.11 bits per heavy atom. The molecule has 28 heavy (non-hydrogen) atoms. The Morgan fingerprint density at radius 1 is 1.25 bits per heavy atom. The highest BCUT2D eigenvalue weighted by Gasteiger charge is 2.34. The summed E-state index contributed by atoms with van der Waals surface area (Å²) >= 11 is 0. The molecule has 2 aromatic carbocycles. The van der Waals surface area contributed by atoms with Crippen molar-refractivity contribution in [1.82, 2.24) is 9.66 Å². The van der Waals surface area contributed by atoms with E-state index in [0.29, 0.717) is 17.2 Å². The normalized spacial score (nSPS) is 20.7. The summed E-state index contributed by atoms with van der Waals surface area (Å²) in [5.41, 5.74) is 5.08. The van der Waals surface area contributed by atoms with Gasteiger partial charge in [0, 0.05) is 30.1 Å². The zero-order valence-corrected chi connectivity index (χ0v) is 15.4. The first-order chi connectivity index (χ1) is 13.6. The van der Waals surface area contributed by atoms with Crippen molar-refractivity contribution < 1.29 is 9.13 Å². The lowest BCUT2D eigenvalue weighted by atomic mass is 10.1. The number of benzene rings is 2. The van der Waals surface area contributed by atoms with Gasteiger partial charge < -0.3 is 15.0 Å². The van der Waals surface area contributed by atoms with Crippen LogP contribution in [0.1, 0.15) is 6.42 Å². The number of fused-ring (bicyclic) bond motifs is 3. The van der Waals surface area contributed by atoms with E-state index in [2.05, 4.69) is 20.6 Å². The molecule has 1 aromatic heterocycles. The molecule has 2 aliphatic heterocycles. The van der Waals surface area contributed by atoms with E-state index in [1.807, 2.05) is 24.3 Å². The third-order valence-electron chi connectivity index (χ3n) is 5.56. The Morgan fingerprint density at radius 3 is 2.93 bits per heavy atom. The van der Waals surface area contributed by atoms with E-state index in [9.17, 15) is 4.39 Å². The quantitative estimate of drug-likeness (QED) is 0.651. The SMILES string of the molecule is COc1cccc2c3n(c(=N)nc12)NC(C1CCN(c2cccc(F)c2)C1)N3. The third kappa shape index (κ3) is 2.64. The van der Waals surface area contributed by atoms with Crippen molar-refractivity contribution in [1.29, 1.82) is 5.41 Å². The maximum absolute atomic E-state index is 13.6. The van der Waals surface area contributed by atoms with Gasteiger partial charge in [-0.15, -0.1) is 0 Å². The summed E-state index contributed by atoms with van der Waals surface area (Å²) in [5.74, 6) is 1.57. The molecule has 0 saturated carbocycles. The van der Waals surface area contributed by atoms with Crippen LogP contribution in [0.25, 0.3) is 10.9 Å². The minimum Gasteiger partial charge on any atom is -0.494 e. The average molecular weight is 380 g/mol. The molecule has 7 nitrogen and oxygen atoms in total. The van der Waals surface area contributed by atoms with Gasteiger partial charge in [-0.2, -0.15) is 0 Å². The fourth-order valence-corrected chi connectivity index (χ4v) is 4.15. The lowest BCUT2D eigenvalue weighted by Gasteiger charge is -2.22. The zero-order chi connectivity index (χ0) is 19.3. The van der Waals surface area contributed by atoms with Crippen LogP contribution in [-0.2, 0) is 0 Å². The molecule has 3 heterocycles. The van der Waals surface area contributed by atoms with E-state index in [1.165, 1.54) is 6.07 Å². The van der Waals surface area contributed by atoms with Crippen LogP contribution in [0.3, 0.4) is 0 Å². The summed E-state index contributed by atoms with van der Waals surface area (Å²) in [6.07, 6.45) is 0.943. The van der Waals surface area contributed by atoms with Gasteiger partial charge in [0.15, 0.2) is 0 Å². The molecule has 0 radical (unpaired) electrons. The molecule has 2 atom stereocenters. The van der Waals surface area contributed by atoms with Crippen LogP contribution in [0.15, 0.2) is 42.5 Å². The molecule has 0 spiro atoms. The molecule has 144 valence electrons. The molecule has 8 heteroatoms. The van der Waals surface area contributed by atoms with Gasteiger partial charge in [-0.05, 0) is 36.8 Å². The number of halogens is 1. The largest absolute Gasteiger partial charge is 0.494 e. The van der Waals surface area contributed by atoms with Gasteiger partial charge in [0.1, 0.15) is 29.1 Å². The van der Waals surface area contributed by atoms with Crippen LogP contribution < -0.4 is 26.0 Å². The highest BCUT2D eigenvalue weighted by atomic mass is 19.1. The molecule has 1 fully saturated rings. The molecule has 3 aromatic rings. The fourth-order valence-electron chi connectivity index (χ4n) is 4.15. The Hall–Kier alpha value is -3.29. The van der Waals surface area contributed by atoms with Crippen molar-refractivity contribution in [2.75, 3.05) is 35.8 Å². The summed E-state index contributed by atoms with van der Waals surface area (Å²) in [4.78, 5) is 6.60. The fraction of sp³-hybridized carbons (Fsp3) is 0.300. The molecule has 0 aliphatic carbocycles. The summed E-state index contributed by atoms with van der Waals surface area (Å²) in [5, 5.41) is 12.7. The summed E-state index contributed by atoms with van der Waals surface area (Å²) in [6.45, 7) is 1.68. The number of methoxy groups -OCH3 is 1. The number of hydrogen-bond donors (Lipinski definition) is 3. The molecule has 2 aliphatic rings. The second-order valence-corrected chi connectivity index (χ2v) is 7.20. The minimum absolute atomic E-state index is 0.0266. The zero-order valence-electron chi connectivity index (χ0n) is 15.4. The number of aromatic nitrogens is 2. The van der Waals surface area contributed by atoms with E-state index in [4.69, 9.17) is 10.1 Å². The van der Waals surface area contributed by atoms with Crippen LogP contribution in [-0.4, -0.2) is 36.0 Å². The number of ether oxygens (including phenoxy) is 1. The lowest BCUT2D eigenvalue weighted by Crippen LogP contribution is -2.38. The predicted octanol–water partition coefficient (Wildman–Crippen LogP) is 2.49. The molecule has 0 bridgehead atoms. The van der Waals surface area contributed by atoms with Gasteiger partial charge in [0.05, 0.1) is 7.11 Å². The molecule has 1 saturated heterocycles. The van der Waals surface area contributed by atoms with Gasteiger partial charge in [0.25, 0.3) is 0 Å². The van der Waals surface area contributed by atoms with Crippen LogP contribution in [0, 0.1) is 17.1 Å². The van der Waals surface area contributed by atoms with E-state index < -0.39 is 0 Å². The van der Waals surface area contributed by atoms with Crippen LogP contribution in [0.2, 0.25) is 0 Å². The van der Waals surface area contributed by atoms with Crippen molar-refractivity contribution in [2.45, 2.75) is 12.6 Å². The van der Waals surface area contributed by atoms with Crippen LogP contribution >= 0.6 is 0 Å².